The maximum atomic E-state index is 12.5. The van der Waals surface area contributed by atoms with Gasteiger partial charge in [0, 0.05) is 12.5 Å². The number of para-hydroxylation sites is 1. The smallest absolute Gasteiger partial charge is 0.297 e. The standard InChI is InChI=1S/C17H17NO6S/c1-12-7-8-17(15(9-12)10-13(2)19)25(22,23)24-11-14-5-3-4-6-16(14)18(20)21/h3-9H,10-11H2,1-2H3. The fraction of sp³-hybridized carbons (Fsp3) is 0.235. The number of nitrogens with zero attached hydrogens (tertiary/aromatic N) is 1. The van der Waals surface area contributed by atoms with E-state index in [1.807, 2.05) is 0 Å². The molecule has 8 heteroatoms. The summed E-state index contributed by atoms with van der Waals surface area (Å²) in [5.74, 6) is -0.180. The number of ketones is 1. The van der Waals surface area contributed by atoms with Gasteiger partial charge in [-0.05, 0) is 31.5 Å². The van der Waals surface area contributed by atoms with Gasteiger partial charge in [0.05, 0.1) is 22.0 Å². The van der Waals surface area contributed by atoms with E-state index in [0.717, 1.165) is 5.56 Å². The van der Waals surface area contributed by atoms with E-state index in [1.165, 1.54) is 31.2 Å². The van der Waals surface area contributed by atoms with Crippen molar-refractivity contribution in [3.63, 3.8) is 0 Å². The summed E-state index contributed by atoms with van der Waals surface area (Å²) in [6.07, 6.45) is -0.0366. The van der Waals surface area contributed by atoms with Crippen molar-refractivity contribution in [2.45, 2.75) is 31.8 Å². The maximum absolute atomic E-state index is 12.5. The van der Waals surface area contributed by atoms with E-state index in [-0.39, 0.29) is 28.4 Å². The molecule has 0 radical (unpaired) electrons. The molecule has 0 saturated heterocycles. The van der Waals surface area contributed by atoms with Crippen molar-refractivity contribution in [2.75, 3.05) is 0 Å². The number of carbonyl (C=O) groups is 1. The highest BCUT2D eigenvalue weighted by Gasteiger charge is 2.22. The minimum Gasteiger partial charge on any atom is -0.300 e. The number of hydrogen-bond acceptors (Lipinski definition) is 6. The van der Waals surface area contributed by atoms with Gasteiger partial charge in [0.15, 0.2) is 0 Å². The van der Waals surface area contributed by atoms with Crippen LogP contribution in [0.5, 0.6) is 0 Å². The SMILES string of the molecule is CC(=O)Cc1cc(C)ccc1S(=O)(=O)OCc1ccccc1[N+](=O)[O-]. The monoisotopic (exact) mass is 363 g/mol. The molecule has 25 heavy (non-hydrogen) atoms. The number of hydrogen-bond donors (Lipinski definition) is 0. The lowest BCUT2D eigenvalue weighted by Crippen LogP contribution is -2.12. The summed E-state index contributed by atoms with van der Waals surface area (Å²) in [5, 5.41) is 11.0. The van der Waals surface area contributed by atoms with Crippen LogP contribution < -0.4 is 0 Å². The number of Topliss-reactive ketones (excluding diaryl/α,β-unsaturated/α-hetero) is 1. The van der Waals surface area contributed by atoms with Crippen LogP contribution in [0.25, 0.3) is 0 Å². The molecule has 7 nitrogen and oxygen atoms in total. The van der Waals surface area contributed by atoms with E-state index in [2.05, 4.69) is 0 Å². The molecule has 0 aliphatic carbocycles. The highest BCUT2D eigenvalue weighted by Crippen LogP contribution is 2.24. The van der Waals surface area contributed by atoms with E-state index in [4.69, 9.17) is 4.18 Å². The van der Waals surface area contributed by atoms with E-state index < -0.39 is 21.6 Å². The van der Waals surface area contributed by atoms with Crippen molar-refractivity contribution < 1.29 is 22.3 Å². The molecule has 0 amide bonds. The first-order valence-corrected chi connectivity index (χ1v) is 8.82. The van der Waals surface area contributed by atoms with Crippen LogP contribution >= 0.6 is 0 Å². The van der Waals surface area contributed by atoms with E-state index in [0.29, 0.717) is 5.56 Å². The van der Waals surface area contributed by atoms with Crippen molar-refractivity contribution in [2.24, 2.45) is 0 Å². The molecule has 2 aromatic carbocycles. The highest BCUT2D eigenvalue weighted by atomic mass is 32.2. The van der Waals surface area contributed by atoms with E-state index >= 15 is 0 Å². The molecule has 0 aliphatic rings. The first-order valence-electron chi connectivity index (χ1n) is 7.41. The van der Waals surface area contributed by atoms with Gasteiger partial charge < -0.3 is 0 Å². The van der Waals surface area contributed by atoms with Crippen molar-refractivity contribution in [3.05, 3.63) is 69.3 Å². The molecule has 132 valence electrons. The third-order valence-corrected chi connectivity index (χ3v) is 4.85. The van der Waals surface area contributed by atoms with Gasteiger partial charge in [0.1, 0.15) is 5.78 Å². The Kier molecular flexibility index (Phi) is 5.66. The molecule has 0 atom stereocenters. The van der Waals surface area contributed by atoms with E-state index in [1.54, 1.807) is 25.1 Å². The molecule has 0 N–H and O–H groups in total. The average molecular weight is 363 g/mol. The Labute approximate surface area is 145 Å². The lowest BCUT2D eigenvalue weighted by molar-refractivity contribution is -0.385. The van der Waals surface area contributed by atoms with Crippen molar-refractivity contribution in [3.8, 4) is 0 Å². The molecule has 0 aromatic heterocycles. The summed E-state index contributed by atoms with van der Waals surface area (Å²) in [7, 11) is -4.17. The zero-order valence-electron chi connectivity index (χ0n) is 13.8. The number of aryl methyl sites for hydroxylation is 1. The topological polar surface area (TPSA) is 104 Å². The fourth-order valence-electron chi connectivity index (χ4n) is 2.37. The van der Waals surface area contributed by atoms with Crippen molar-refractivity contribution in [1.82, 2.24) is 0 Å². The van der Waals surface area contributed by atoms with E-state index in [9.17, 15) is 23.3 Å². The quantitative estimate of drug-likeness (QED) is 0.426. The van der Waals surface area contributed by atoms with Crippen LogP contribution in [0.3, 0.4) is 0 Å². The fourth-order valence-corrected chi connectivity index (χ4v) is 3.47. The Bertz CT molecular complexity index is 920. The first-order chi connectivity index (χ1) is 11.7. The molecular weight excluding hydrogens is 346 g/mol. The Balaban J connectivity index is 2.32. The van der Waals surface area contributed by atoms with Crippen LogP contribution in [0.1, 0.15) is 23.6 Å². The number of nitro groups is 1. The number of carbonyl (C=O) groups excluding carboxylic acids is 1. The van der Waals surface area contributed by atoms with Gasteiger partial charge in [-0.15, -0.1) is 0 Å². The average Bonchev–Trinajstić information content (AvgIpc) is 2.52. The van der Waals surface area contributed by atoms with Gasteiger partial charge >= 0.3 is 0 Å². The number of rotatable bonds is 7. The number of nitro benzene ring substituents is 1. The Morgan fingerprint density at radius 2 is 1.84 bits per heavy atom. The molecule has 0 bridgehead atoms. The third kappa shape index (κ3) is 4.71. The predicted molar refractivity (Wildman–Crippen MR) is 90.6 cm³/mol. The van der Waals surface area contributed by atoms with Crippen LogP contribution in [0.2, 0.25) is 0 Å². The minimum atomic E-state index is -4.17. The summed E-state index contributed by atoms with van der Waals surface area (Å²) >= 11 is 0. The van der Waals surface area contributed by atoms with Gasteiger partial charge in [-0.1, -0.05) is 29.8 Å². The normalized spacial score (nSPS) is 11.3. The third-order valence-electron chi connectivity index (χ3n) is 3.48. The lowest BCUT2D eigenvalue weighted by Gasteiger charge is -2.11. The van der Waals surface area contributed by atoms with Gasteiger partial charge in [-0.3, -0.25) is 19.1 Å². The number of benzene rings is 2. The summed E-state index contributed by atoms with van der Waals surface area (Å²) in [6.45, 7) is 2.69. The van der Waals surface area contributed by atoms with Gasteiger partial charge in [0.25, 0.3) is 15.8 Å². The second kappa shape index (κ2) is 7.54. The lowest BCUT2D eigenvalue weighted by atomic mass is 10.1. The minimum absolute atomic E-state index is 0.0366. The van der Waals surface area contributed by atoms with Crippen LogP contribution in [-0.2, 0) is 32.1 Å². The van der Waals surface area contributed by atoms with Gasteiger partial charge in [-0.25, -0.2) is 0 Å². The first kappa shape index (κ1) is 18.8. The highest BCUT2D eigenvalue weighted by molar-refractivity contribution is 7.86. The molecule has 0 heterocycles. The Morgan fingerprint density at radius 1 is 1.16 bits per heavy atom. The zero-order chi connectivity index (χ0) is 18.6. The molecule has 0 saturated carbocycles. The molecular formula is C17H17NO6S. The maximum Gasteiger partial charge on any atom is 0.297 e. The summed E-state index contributed by atoms with van der Waals surface area (Å²) in [5.41, 5.74) is 1.09. The van der Waals surface area contributed by atoms with Crippen LogP contribution in [-0.4, -0.2) is 19.1 Å². The Hall–Kier alpha value is -2.58. The summed E-state index contributed by atoms with van der Waals surface area (Å²) in [6, 6.07) is 10.3. The molecule has 2 aromatic rings. The largest absolute Gasteiger partial charge is 0.300 e. The summed E-state index contributed by atoms with van der Waals surface area (Å²) in [4.78, 5) is 21.7. The zero-order valence-corrected chi connectivity index (χ0v) is 14.6. The second-order valence-corrected chi connectivity index (χ2v) is 7.18. The molecule has 0 fully saturated rings. The van der Waals surface area contributed by atoms with Crippen molar-refractivity contribution >= 4 is 21.6 Å². The predicted octanol–water partition coefficient (Wildman–Crippen LogP) is 2.94. The van der Waals surface area contributed by atoms with Crippen LogP contribution in [0.15, 0.2) is 47.4 Å². The molecule has 0 spiro atoms. The van der Waals surface area contributed by atoms with Crippen molar-refractivity contribution in [1.29, 1.82) is 0 Å². The molecule has 0 aliphatic heterocycles. The molecule has 2 rings (SSSR count). The van der Waals surface area contributed by atoms with Crippen LogP contribution in [0.4, 0.5) is 5.69 Å². The summed E-state index contributed by atoms with van der Waals surface area (Å²) < 4.78 is 30.0. The van der Waals surface area contributed by atoms with Crippen LogP contribution in [0, 0.1) is 17.0 Å². The van der Waals surface area contributed by atoms with Gasteiger partial charge in [0.2, 0.25) is 0 Å². The Morgan fingerprint density at radius 3 is 2.48 bits per heavy atom. The molecule has 0 unspecified atom stereocenters. The van der Waals surface area contributed by atoms with Gasteiger partial charge in [-0.2, -0.15) is 8.42 Å². The second-order valence-electron chi connectivity index (χ2n) is 5.59.